The van der Waals surface area contributed by atoms with Gasteiger partial charge >= 0.3 is 5.97 Å². The van der Waals surface area contributed by atoms with Crippen molar-refractivity contribution in [1.82, 2.24) is 4.31 Å². The molecule has 0 unspecified atom stereocenters. The molecule has 180 valence electrons. The fourth-order valence-electron chi connectivity index (χ4n) is 4.50. The zero-order chi connectivity index (χ0) is 24.7. The molecule has 2 aliphatic heterocycles. The standard InChI is InChI=1S/C26H28BrNO5S/c1-5-32-25(29)22-14-26(4)16-28(34(30,31)21-12-6-17(2)7-13-21)15-23(26)24(33-18(22)3)19-8-10-20(27)11-9-19/h6-13H,5,14-16H2,1-4H3/t26-/m1/s1. The number of carbonyl (C=O) groups excluding carboxylic acids is 1. The van der Waals surface area contributed by atoms with Gasteiger partial charge in [0.25, 0.3) is 0 Å². The zero-order valence-corrected chi connectivity index (χ0v) is 22.1. The molecule has 2 aromatic carbocycles. The molecule has 6 nitrogen and oxygen atoms in total. The number of ether oxygens (including phenoxy) is 2. The summed E-state index contributed by atoms with van der Waals surface area (Å²) in [7, 11) is -3.73. The lowest BCUT2D eigenvalue weighted by molar-refractivity contribution is -0.139. The normalized spacial score (nSPS) is 21.2. The summed E-state index contributed by atoms with van der Waals surface area (Å²) in [6, 6.07) is 14.5. The molecule has 1 fully saturated rings. The third kappa shape index (κ3) is 4.59. The molecule has 4 rings (SSSR count). The van der Waals surface area contributed by atoms with Gasteiger partial charge in [-0.05, 0) is 57.0 Å². The molecule has 0 N–H and O–H groups in total. The summed E-state index contributed by atoms with van der Waals surface area (Å²) in [4.78, 5) is 13.0. The highest BCUT2D eigenvalue weighted by Gasteiger charge is 2.48. The predicted octanol–water partition coefficient (Wildman–Crippen LogP) is 5.44. The average molecular weight is 546 g/mol. The predicted molar refractivity (Wildman–Crippen MR) is 134 cm³/mol. The van der Waals surface area contributed by atoms with Crippen molar-refractivity contribution >= 4 is 37.7 Å². The summed E-state index contributed by atoms with van der Waals surface area (Å²) in [5.41, 5.74) is 2.46. The van der Waals surface area contributed by atoms with E-state index in [-0.39, 0.29) is 24.6 Å². The Morgan fingerprint density at radius 2 is 1.76 bits per heavy atom. The lowest BCUT2D eigenvalue weighted by Crippen LogP contribution is -2.32. The van der Waals surface area contributed by atoms with Crippen LogP contribution in [0.15, 0.2) is 74.8 Å². The van der Waals surface area contributed by atoms with E-state index in [9.17, 15) is 13.2 Å². The van der Waals surface area contributed by atoms with Crippen molar-refractivity contribution in [2.45, 2.75) is 39.0 Å². The monoisotopic (exact) mass is 545 g/mol. The quantitative estimate of drug-likeness (QED) is 0.468. The first-order chi connectivity index (χ1) is 16.0. The van der Waals surface area contributed by atoms with Crippen molar-refractivity contribution in [3.05, 3.63) is 81.0 Å². The van der Waals surface area contributed by atoms with E-state index in [1.54, 1.807) is 38.1 Å². The largest absolute Gasteiger partial charge is 0.463 e. The minimum atomic E-state index is -3.73. The molecular formula is C26H28BrNO5S. The number of nitrogens with zero attached hydrogens (tertiary/aromatic N) is 1. The molecule has 0 spiro atoms. The summed E-state index contributed by atoms with van der Waals surface area (Å²) in [5.74, 6) is 0.637. The Balaban J connectivity index is 1.83. The maximum atomic E-state index is 13.5. The van der Waals surface area contributed by atoms with Gasteiger partial charge in [0, 0.05) is 28.5 Å². The van der Waals surface area contributed by atoms with Gasteiger partial charge in [-0.2, -0.15) is 4.31 Å². The molecule has 0 radical (unpaired) electrons. The van der Waals surface area contributed by atoms with Gasteiger partial charge in [-0.1, -0.05) is 52.7 Å². The van der Waals surface area contributed by atoms with Gasteiger partial charge in [0.15, 0.2) is 0 Å². The van der Waals surface area contributed by atoms with Gasteiger partial charge in [-0.3, -0.25) is 0 Å². The van der Waals surface area contributed by atoms with E-state index in [1.807, 2.05) is 38.1 Å². The topological polar surface area (TPSA) is 72.9 Å². The van der Waals surface area contributed by atoms with Gasteiger partial charge in [-0.25, -0.2) is 13.2 Å². The Bertz CT molecular complexity index is 1280. The van der Waals surface area contributed by atoms with Crippen LogP contribution in [0.25, 0.3) is 5.76 Å². The molecule has 1 saturated heterocycles. The summed E-state index contributed by atoms with van der Waals surface area (Å²) in [6.07, 6.45) is 0.326. The SMILES string of the molecule is CCOC(=O)C1=C(C)OC(c2ccc(Br)cc2)=C2CN(S(=O)(=O)c3ccc(C)cc3)C[C@@]2(C)C1. The fourth-order valence-corrected chi connectivity index (χ4v) is 6.30. The molecule has 0 amide bonds. The molecule has 8 heteroatoms. The Hall–Kier alpha value is -2.42. The van der Waals surface area contributed by atoms with Crippen LogP contribution in [0.1, 0.15) is 38.3 Å². The zero-order valence-electron chi connectivity index (χ0n) is 19.7. The third-order valence-corrected chi connectivity index (χ3v) is 8.73. The smallest absolute Gasteiger partial charge is 0.337 e. The van der Waals surface area contributed by atoms with Crippen LogP contribution in [-0.2, 0) is 24.3 Å². The number of carbonyl (C=O) groups is 1. The van der Waals surface area contributed by atoms with Crippen molar-refractivity contribution < 1.29 is 22.7 Å². The maximum Gasteiger partial charge on any atom is 0.337 e. The van der Waals surface area contributed by atoms with Crippen LogP contribution in [0.4, 0.5) is 0 Å². The van der Waals surface area contributed by atoms with Crippen molar-refractivity contribution in [1.29, 1.82) is 0 Å². The van der Waals surface area contributed by atoms with E-state index < -0.39 is 21.4 Å². The van der Waals surface area contributed by atoms with Gasteiger partial charge < -0.3 is 9.47 Å². The highest BCUT2D eigenvalue weighted by molar-refractivity contribution is 9.10. The van der Waals surface area contributed by atoms with Crippen molar-refractivity contribution in [3.8, 4) is 0 Å². The van der Waals surface area contributed by atoms with Crippen molar-refractivity contribution in [2.75, 3.05) is 19.7 Å². The summed E-state index contributed by atoms with van der Waals surface area (Å²) < 4.78 is 41.1. The van der Waals surface area contributed by atoms with Crippen LogP contribution in [0, 0.1) is 12.3 Å². The molecule has 0 aromatic heterocycles. The lowest BCUT2D eigenvalue weighted by atomic mass is 9.78. The van der Waals surface area contributed by atoms with Gasteiger partial charge in [-0.15, -0.1) is 0 Å². The first kappa shape index (κ1) is 24.7. The number of hydrogen-bond donors (Lipinski definition) is 0. The molecule has 0 aliphatic carbocycles. The Morgan fingerprint density at radius 3 is 2.38 bits per heavy atom. The Morgan fingerprint density at radius 1 is 1.12 bits per heavy atom. The van der Waals surface area contributed by atoms with E-state index in [0.29, 0.717) is 23.5 Å². The number of sulfonamides is 1. The number of benzene rings is 2. The molecule has 2 heterocycles. The molecular weight excluding hydrogens is 518 g/mol. The maximum absolute atomic E-state index is 13.5. The van der Waals surface area contributed by atoms with Crippen LogP contribution in [0.5, 0.6) is 0 Å². The van der Waals surface area contributed by atoms with E-state index >= 15 is 0 Å². The second-order valence-electron chi connectivity index (χ2n) is 9.00. The Kier molecular flexibility index (Phi) is 6.77. The first-order valence-corrected chi connectivity index (χ1v) is 13.4. The molecule has 0 bridgehead atoms. The number of hydrogen-bond acceptors (Lipinski definition) is 5. The number of esters is 1. The molecule has 1 atom stereocenters. The number of halogens is 1. The van der Waals surface area contributed by atoms with Crippen LogP contribution in [0.3, 0.4) is 0 Å². The fraction of sp³-hybridized carbons (Fsp3) is 0.346. The second kappa shape index (κ2) is 9.32. The number of rotatable bonds is 5. The lowest BCUT2D eigenvalue weighted by Gasteiger charge is -2.25. The first-order valence-electron chi connectivity index (χ1n) is 11.2. The summed E-state index contributed by atoms with van der Waals surface area (Å²) >= 11 is 3.46. The minimum absolute atomic E-state index is 0.182. The number of aryl methyl sites for hydroxylation is 1. The van der Waals surface area contributed by atoms with E-state index in [4.69, 9.17) is 9.47 Å². The summed E-state index contributed by atoms with van der Waals surface area (Å²) in [5, 5.41) is 0. The minimum Gasteiger partial charge on any atom is -0.463 e. The Labute approximate surface area is 209 Å². The third-order valence-electron chi connectivity index (χ3n) is 6.40. The number of allylic oxidation sites excluding steroid dienone is 1. The van der Waals surface area contributed by atoms with Crippen molar-refractivity contribution in [3.63, 3.8) is 0 Å². The molecule has 2 aliphatic rings. The van der Waals surface area contributed by atoms with E-state index in [1.165, 1.54) is 4.31 Å². The van der Waals surface area contributed by atoms with Crippen LogP contribution >= 0.6 is 15.9 Å². The van der Waals surface area contributed by atoms with Crippen molar-refractivity contribution in [2.24, 2.45) is 5.41 Å². The summed E-state index contributed by atoms with van der Waals surface area (Å²) in [6.45, 7) is 8.10. The van der Waals surface area contributed by atoms with Gasteiger partial charge in [0.05, 0.1) is 17.1 Å². The average Bonchev–Trinajstić information content (AvgIpc) is 3.10. The highest BCUT2D eigenvalue weighted by Crippen LogP contribution is 2.49. The molecule has 0 saturated carbocycles. The molecule has 2 aromatic rings. The highest BCUT2D eigenvalue weighted by atomic mass is 79.9. The van der Waals surface area contributed by atoms with Gasteiger partial charge in [0.1, 0.15) is 11.5 Å². The van der Waals surface area contributed by atoms with Gasteiger partial charge in [0.2, 0.25) is 10.0 Å². The number of fused-ring (bicyclic) bond motifs is 1. The molecule has 34 heavy (non-hydrogen) atoms. The van der Waals surface area contributed by atoms with Crippen LogP contribution in [-0.4, -0.2) is 38.4 Å². The second-order valence-corrected chi connectivity index (χ2v) is 11.8. The van der Waals surface area contributed by atoms with Crippen LogP contribution < -0.4 is 0 Å². The van der Waals surface area contributed by atoms with E-state index in [2.05, 4.69) is 15.9 Å². The van der Waals surface area contributed by atoms with E-state index in [0.717, 1.165) is 21.2 Å². The van der Waals surface area contributed by atoms with Crippen LogP contribution in [0.2, 0.25) is 0 Å².